The lowest BCUT2D eigenvalue weighted by molar-refractivity contribution is 0.601. The zero-order valence-electron chi connectivity index (χ0n) is 11.6. The Morgan fingerprint density at radius 3 is 2.52 bits per heavy atom. The van der Waals surface area contributed by atoms with Crippen molar-refractivity contribution in [3.8, 4) is 0 Å². The summed E-state index contributed by atoms with van der Waals surface area (Å²) in [5.41, 5.74) is 8.13. The van der Waals surface area contributed by atoms with Gasteiger partial charge in [0.25, 0.3) is 10.0 Å². The van der Waals surface area contributed by atoms with Gasteiger partial charge >= 0.3 is 0 Å². The van der Waals surface area contributed by atoms with E-state index in [4.69, 9.17) is 5.73 Å². The molecule has 0 aromatic heterocycles. The first-order valence-corrected chi connectivity index (χ1v) is 8.84. The van der Waals surface area contributed by atoms with Crippen LogP contribution >= 0.6 is 15.9 Å². The van der Waals surface area contributed by atoms with Gasteiger partial charge in [-0.1, -0.05) is 35.0 Å². The molecule has 0 saturated heterocycles. The van der Waals surface area contributed by atoms with Crippen molar-refractivity contribution in [2.45, 2.75) is 24.8 Å². The summed E-state index contributed by atoms with van der Waals surface area (Å²) >= 11 is 3.32. The highest BCUT2D eigenvalue weighted by atomic mass is 79.9. The number of hydrogen-bond acceptors (Lipinski definition) is 3. The predicted molar refractivity (Wildman–Crippen MR) is 88.7 cm³/mol. The second kappa shape index (κ2) is 6.60. The number of rotatable bonds is 5. The lowest BCUT2D eigenvalue weighted by Crippen LogP contribution is -2.14. The number of aryl methyl sites for hydroxylation is 1. The Morgan fingerprint density at radius 1 is 1.14 bits per heavy atom. The monoisotopic (exact) mass is 368 g/mol. The maximum atomic E-state index is 12.4. The van der Waals surface area contributed by atoms with Crippen LogP contribution in [0.5, 0.6) is 0 Å². The Labute approximate surface area is 133 Å². The molecule has 0 amide bonds. The maximum Gasteiger partial charge on any atom is 0.261 e. The second-order valence-corrected chi connectivity index (χ2v) is 7.20. The van der Waals surface area contributed by atoms with Crippen molar-refractivity contribution in [1.82, 2.24) is 0 Å². The summed E-state index contributed by atoms with van der Waals surface area (Å²) in [6.45, 7) is 2.34. The molecular formula is C15H17BrN2O2S. The van der Waals surface area contributed by atoms with Gasteiger partial charge < -0.3 is 5.73 Å². The minimum Gasteiger partial charge on any atom is -0.326 e. The van der Waals surface area contributed by atoms with Crippen molar-refractivity contribution in [2.24, 2.45) is 5.73 Å². The minimum atomic E-state index is -3.61. The van der Waals surface area contributed by atoms with Crippen LogP contribution in [0.1, 0.15) is 18.1 Å². The van der Waals surface area contributed by atoms with Gasteiger partial charge in [-0.15, -0.1) is 0 Å². The van der Waals surface area contributed by atoms with Gasteiger partial charge in [-0.3, -0.25) is 4.72 Å². The van der Waals surface area contributed by atoms with E-state index in [0.29, 0.717) is 12.2 Å². The first-order valence-electron chi connectivity index (χ1n) is 6.56. The Balaban J connectivity index is 2.35. The molecule has 0 fully saturated rings. The van der Waals surface area contributed by atoms with Crippen molar-refractivity contribution in [3.63, 3.8) is 0 Å². The van der Waals surface area contributed by atoms with Gasteiger partial charge in [0.1, 0.15) is 0 Å². The SMILES string of the molecule is CCc1ccc(S(=O)(=O)Nc2cccc(Br)c2)cc1CN. The highest BCUT2D eigenvalue weighted by Gasteiger charge is 2.15. The standard InChI is InChI=1S/C15H17BrN2O2S/c1-2-11-6-7-15(8-12(11)10-17)21(19,20)18-14-5-3-4-13(16)9-14/h3-9,18H,2,10,17H2,1H3. The third kappa shape index (κ3) is 3.84. The molecule has 0 spiro atoms. The smallest absolute Gasteiger partial charge is 0.261 e. The number of nitrogens with two attached hydrogens (primary N) is 1. The van der Waals surface area contributed by atoms with Gasteiger partial charge in [-0.25, -0.2) is 8.42 Å². The molecule has 0 saturated carbocycles. The fourth-order valence-corrected chi connectivity index (χ4v) is 3.57. The molecule has 2 aromatic rings. The first-order chi connectivity index (χ1) is 9.96. The number of halogens is 1. The summed E-state index contributed by atoms with van der Waals surface area (Å²) in [4.78, 5) is 0.222. The predicted octanol–water partition coefficient (Wildman–Crippen LogP) is 3.27. The molecule has 6 heteroatoms. The molecule has 0 atom stereocenters. The zero-order chi connectivity index (χ0) is 15.5. The molecule has 112 valence electrons. The van der Waals surface area contributed by atoms with Crippen LogP contribution in [0.25, 0.3) is 0 Å². The fraction of sp³-hybridized carbons (Fsp3) is 0.200. The Morgan fingerprint density at radius 2 is 1.90 bits per heavy atom. The van der Waals surface area contributed by atoms with Crippen LogP contribution in [0, 0.1) is 0 Å². The molecule has 0 aliphatic heterocycles. The average molecular weight is 369 g/mol. The summed E-state index contributed by atoms with van der Waals surface area (Å²) in [6.07, 6.45) is 0.825. The summed E-state index contributed by atoms with van der Waals surface area (Å²) in [6, 6.07) is 12.1. The number of nitrogens with one attached hydrogen (secondary N) is 1. The average Bonchev–Trinajstić information content (AvgIpc) is 2.46. The Hall–Kier alpha value is -1.37. The summed E-state index contributed by atoms with van der Waals surface area (Å²) < 4.78 is 28.2. The summed E-state index contributed by atoms with van der Waals surface area (Å²) in [5.74, 6) is 0. The molecule has 0 unspecified atom stereocenters. The van der Waals surface area contributed by atoms with Gasteiger partial charge in [-0.05, 0) is 47.9 Å². The normalized spacial score (nSPS) is 11.4. The van der Waals surface area contributed by atoms with Crippen molar-refractivity contribution in [1.29, 1.82) is 0 Å². The lowest BCUT2D eigenvalue weighted by Gasteiger charge is -2.11. The van der Waals surface area contributed by atoms with E-state index in [1.54, 1.807) is 30.3 Å². The number of sulfonamides is 1. The van der Waals surface area contributed by atoms with Crippen molar-refractivity contribution >= 4 is 31.6 Å². The quantitative estimate of drug-likeness (QED) is 0.850. The topological polar surface area (TPSA) is 72.2 Å². The molecule has 0 aliphatic carbocycles. The van der Waals surface area contributed by atoms with Gasteiger partial charge in [0.15, 0.2) is 0 Å². The Bertz CT molecular complexity index is 745. The molecule has 3 N–H and O–H groups in total. The molecule has 2 aromatic carbocycles. The Kier molecular flexibility index (Phi) is 5.03. The van der Waals surface area contributed by atoms with Gasteiger partial charge in [0, 0.05) is 16.7 Å². The molecule has 0 radical (unpaired) electrons. The third-order valence-corrected chi connectivity index (χ3v) is 5.04. The van der Waals surface area contributed by atoms with E-state index >= 15 is 0 Å². The largest absolute Gasteiger partial charge is 0.326 e. The minimum absolute atomic E-state index is 0.222. The van der Waals surface area contributed by atoms with Crippen molar-refractivity contribution < 1.29 is 8.42 Å². The molecule has 2 rings (SSSR count). The first kappa shape index (κ1) is 16.0. The third-order valence-electron chi connectivity index (χ3n) is 3.17. The van der Waals surface area contributed by atoms with E-state index in [9.17, 15) is 8.42 Å². The van der Waals surface area contributed by atoms with Crippen LogP contribution < -0.4 is 10.5 Å². The molecule has 0 heterocycles. The van der Waals surface area contributed by atoms with Crippen molar-refractivity contribution in [2.75, 3.05) is 4.72 Å². The van der Waals surface area contributed by atoms with E-state index in [-0.39, 0.29) is 4.90 Å². The fourth-order valence-electron chi connectivity index (χ4n) is 2.07. The molecule has 0 bridgehead atoms. The highest BCUT2D eigenvalue weighted by molar-refractivity contribution is 9.10. The number of hydrogen-bond donors (Lipinski definition) is 2. The maximum absolute atomic E-state index is 12.4. The van der Waals surface area contributed by atoms with Gasteiger partial charge in [0.2, 0.25) is 0 Å². The zero-order valence-corrected chi connectivity index (χ0v) is 14.0. The second-order valence-electron chi connectivity index (χ2n) is 4.60. The molecule has 21 heavy (non-hydrogen) atoms. The highest BCUT2D eigenvalue weighted by Crippen LogP contribution is 2.21. The van der Waals surface area contributed by atoms with Crippen LogP contribution in [0.3, 0.4) is 0 Å². The van der Waals surface area contributed by atoms with E-state index in [1.165, 1.54) is 0 Å². The van der Waals surface area contributed by atoms with E-state index in [2.05, 4.69) is 20.7 Å². The van der Waals surface area contributed by atoms with Crippen LogP contribution in [-0.2, 0) is 23.0 Å². The number of benzene rings is 2. The number of anilines is 1. The van der Waals surface area contributed by atoms with Gasteiger partial charge in [0.05, 0.1) is 4.90 Å². The van der Waals surface area contributed by atoms with E-state index in [1.807, 2.05) is 19.1 Å². The van der Waals surface area contributed by atoms with Crippen LogP contribution in [0.15, 0.2) is 51.8 Å². The molecule has 4 nitrogen and oxygen atoms in total. The lowest BCUT2D eigenvalue weighted by atomic mass is 10.1. The van der Waals surface area contributed by atoms with Gasteiger partial charge in [-0.2, -0.15) is 0 Å². The van der Waals surface area contributed by atoms with Crippen molar-refractivity contribution in [3.05, 3.63) is 58.1 Å². The van der Waals surface area contributed by atoms with E-state index in [0.717, 1.165) is 22.0 Å². The summed E-state index contributed by atoms with van der Waals surface area (Å²) in [7, 11) is -3.61. The molecule has 0 aliphatic rings. The molecular weight excluding hydrogens is 352 g/mol. The summed E-state index contributed by atoms with van der Waals surface area (Å²) in [5, 5.41) is 0. The van der Waals surface area contributed by atoms with Crippen LogP contribution in [-0.4, -0.2) is 8.42 Å². The van der Waals surface area contributed by atoms with E-state index < -0.39 is 10.0 Å². The van der Waals surface area contributed by atoms with Crippen LogP contribution in [0.4, 0.5) is 5.69 Å². The van der Waals surface area contributed by atoms with Crippen LogP contribution in [0.2, 0.25) is 0 Å².